The molecule has 0 bridgehead atoms. The molecule has 1 heterocycles. The Balaban J connectivity index is 1.44. The highest BCUT2D eigenvalue weighted by atomic mass is 32.1. The lowest BCUT2D eigenvalue weighted by molar-refractivity contribution is 0.0829. The second kappa shape index (κ2) is 10.1. The Bertz CT molecular complexity index is 1210. The minimum absolute atomic E-state index is 0.146. The molecule has 0 saturated carbocycles. The summed E-state index contributed by atoms with van der Waals surface area (Å²) in [6.45, 7) is 1.80. The van der Waals surface area contributed by atoms with Gasteiger partial charge in [-0.05, 0) is 56.2 Å². The fourth-order valence-electron chi connectivity index (χ4n) is 3.63. The van der Waals surface area contributed by atoms with Gasteiger partial charge >= 0.3 is 5.91 Å². The van der Waals surface area contributed by atoms with Gasteiger partial charge < -0.3 is 9.73 Å². The Hall–Kier alpha value is -3.98. The van der Waals surface area contributed by atoms with Crippen LogP contribution in [0.25, 0.3) is 0 Å². The van der Waals surface area contributed by atoms with Gasteiger partial charge in [0.05, 0.1) is 5.71 Å². The van der Waals surface area contributed by atoms with Gasteiger partial charge in [-0.3, -0.25) is 25.9 Å². The summed E-state index contributed by atoms with van der Waals surface area (Å²) < 4.78 is 5.85. The number of hydrazone groups is 1. The minimum atomic E-state index is -0.528. The zero-order chi connectivity index (χ0) is 23.2. The van der Waals surface area contributed by atoms with Gasteiger partial charge in [-0.25, -0.2) is 0 Å². The second-order valence-electron chi connectivity index (χ2n) is 7.47. The number of rotatable bonds is 4. The first-order valence-electron chi connectivity index (χ1n) is 10.5. The average Bonchev–Trinajstić information content (AvgIpc) is 3.19. The molecule has 0 radical (unpaired) electrons. The number of aryl methyl sites for hydroxylation is 1. The standard InChI is InChI=1S/C24H23N5O3S/c1-15-20-18(26-29-24(33)25-17-11-6-3-7-12-17)13-8-14-19(20)32-21(15)23(31)28-27-22(30)16-9-4-2-5-10-16/h2-7,9-12H,8,13-14H2,1H3,(H,27,30)(H,28,31)(H2,25,29,33)/b26-18+. The van der Waals surface area contributed by atoms with Crippen molar-refractivity contribution < 1.29 is 14.0 Å². The predicted octanol–water partition coefficient (Wildman–Crippen LogP) is 3.69. The molecule has 0 fully saturated rings. The lowest BCUT2D eigenvalue weighted by Gasteiger charge is -2.14. The highest BCUT2D eigenvalue weighted by Crippen LogP contribution is 2.29. The fourth-order valence-corrected chi connectivity index (χ4v) is 3.79. The molecule has 8 nitrogen and oxygen atoms in total. The number of nitrogens with one attached hydrogen (secondary N) is 4. The Morgan fingerprint density at radius 3 is 2.33 bits per heavy atom. The molecule has 168 valence electrons. The molecule has 0 unspecified atom stereocenters. The molecular weight excluding hydrogens is 438 g/mol. The van der Waals surface area contributed by atoms with Crippen molar-refractivity contribution in [1.29, 1.82) is 0 Å². The monoisotopic (exact) mass is 461 g/mol. The number of thiocarbonyl (C=S) groups is 1. The van der Waals surface area contributed by atoms with E-state index in [-0.39, 0.29) is 5.76 Å². The van der Waals surface area contributed by atoms with Crippen molar-refractivity contribution in [3.63, 3.8) is 0 Å². The summed E-state index contributed by atoms with van der Waals surface area (Å²) in [5.74, 6) is -0.0997. The van der Waals surface area contributed by atoms with Gasteiger partial charge in [0.1, 0.15) is 5.76 Å². The molecule has 9 heteroatoms. The number of hydrogen-bond acceptors (Lipinski definition) is 5. The summed E-state index contributed by atoms with van der Waals surface area (Å²) in [7, 11) is 0. The summed E-state index contributed by atoms with van der Waals surface area (Å²) in [5.41, 5.74) is 11.2. The number of nitrogens with zero attached hydrogens (tertiary/aromatic N) is 1. The van der Waals surface area contributed by atoms with E-state index in [1.165, 1.54) is 0 Å². The summed E-state index contributed by atoms with van der Waals surface area (Å²) >= 11 is 5.32. The van der Waals surface area contributed by atoms with E-state index in [0.717, 1.165) is 29.8 Å². The first-order valence-corrected chi connectivity index (χ1v) is 10.9. The molecule has 1 aliphatic rings. The number of anilines is 1. The number of hydrogen-bond donors (Lipinski definition) is 4. The van der Waals surface area contributed by atoms with E-state index in [1.807, 2.05) is 36.4 Å². The quantitative estimate of drug-likeness (QED) is 0.349. The lowest BCUT2D eigenvalue weighted by Crippen LogP contribution is -2.41. The molecule has 3 aromatic rings. The molecule has 2 amide bonds. The maximum Gasteiger partial charge on any atom is 0.305 e. The van der Waals surface area contributed by atoms with E-state index in [0.29, 0.717) is 28.4 Å². The zero-order valence-electron chi connectivity index (χ0n) is 18.0. The van der Waals surface area contributed by atoms with Crippen molar-refractivity contribution in [2.75, 3.05) is 5.32 Å². The van der Waals surface area contributed by atoms with E-state index >= 15 is 0 Å². The van der Waals surface area contributed by atoms with E-state index in [2.05, 4.69) is 26.7 Å². The van der Waals surface area contributed by atoms with Crippen LogP contribution in [-0.2, 0) is 6.42 Å². The molecule has 0 atom stereocenters. The van der Waals surface area contributed by atoms with Crippen LogP contribution in [0.2, 0.25) is 0 Å². The molecule has 0 saturated heterocycles. The highest BCUT2D eigenvalue weighted by molar-refractivity contribution is 7.80. The average molecular weight is 462 g/mol. The van der Waals surface area contributed by atoms with Crippen molar-refractivity contribution in [2.24, 2.45) is 5.10 Å². The highest BCUT2D eigenvalue weighted by Gasteiger charge is 2.28. The number of furan rings is 1. The van der Waals surface area contributed by atoms with Gasteiger partial charge in [0.15, 0.2) is 10.9 Å². The number of carbonyl (C=O) groups excluding carboxylic acids is 2. The van der Waals surface area contributed by atoms with Crippen LogP contribution in [0.1, 0.15) is 50.6 Å². The topological polar surface area (TPSA) is 108 Å². The van der Waals surface area contributed by atoms with E-state index in [9.17, 15) is 9.59 Å². The van der Waals surface area contributed by atoms with Crippen LogP contribution in [0.4, 0.5) is 5.69 Å². The largest absolute Gasteiger partial charge is 0.455 e. The van der Waals surface area contributed by atoms with Crippen molar-refractivity contribution in [3.05, 3.63) is 88.9 Å². The first-order chi connectivity index (χ1) is 16.0. The number of hydrazine groups is 1. The van der Waals surface area contributed by atoms with E-state index < -0.39 is 11.8 Å². The Morgan fingerprint density at radius 2 is 1.61 bits per heavy atom. The normalized spacial score (nSPS) is 13.7. The van der Waals surface area contributed by atoms with Crippen LogP contribution in [0.5, 0.6) is 0 Å². The van der Waals surface area contributed by atoms with E-state index in [1.54, 1.807) is 31.2 Å². The number of amides is 2. The zero-order valence-corrected chi connectivity index (χ0v) is 18.8. The Kier molecular flexibility index (Phi) is 6.80. The van der Waals surface area contributed by atoms with Gasteiger partial charge in [-0.2, -0.15) is 5.10 Å². The van der Waals surface area contributed by atoms with Crippen LogP contribution in [0, 0.1) is 6.92 Å². The molecule has 1 aliphatic carbocycles. The number of carbonyl (C=O) groups is 2. The van der Waals surface area contributed by atoms with Gasteiger partial charge in [0.25, 0.3) is 5.91 Å². The van der Waals surface area contributed by atoms with Crippen molar-refractivity contribution in [2.45, 2.75) is 26.2 Å². The van der Waals surface area contributed by atoms with Gasteiger partial charge in [-0.15, -0.1) is 0 Å². The molecule has 4 N–H and O–H groups in total. The van der Waals surface area contributed by atoms with Crippen molar-refractivity contribution in [3.8, 4) is 0 Å². The summed E-state index contributed by atoms with van der Waals surface area (Å²) in [4.78, 5) is 24.9. The maximum atomic E-state index is 12.7. The maximum absolute atomic E-state index is 12.7. The van der Waals surface area contributed by atoms with Crippen molar-refractivity contribution in [1.82, 2.24) is 16.3 Å². The van der Waals surface area contributed by atoms with Gasteiger partial charge in [0.2, 0.25) is 0 Å². The molecule has 2 aromatic carbocycles. The smallest absolute Gasteiger partial charge is 0.305 e. The predicted molar refractivity (Wildman–Crippen MR) is 130 cm³/mol. The van der Waals surface area contributed by atoms with Crippen molar-refractivity contribution >= 4 is 40.5 Å². The third-order valence-corrected chi connectivity index (χ3v) is 5.37. The van der Waals surface area contributed by atoms with Gasteiger partial charge in [0, 0.05) is 28.8 Å². The SMILES string of the molecule is Cc1c(C(=O)NNC(=O)c2ccccc2)oc2c1/C(=N/NC(=S)Nc1ccccc1)CCC2. The van der Waals surface area contributed by atoms with Crippen LogP contribution in [0.15, 0.2) is 70.2 Å². The second-order valence-corrected chi connectivity index (χ2v) is 7.88. The third kappa shape index (κ3) is 5.27. The number of fused-ring (bicyclic) bond motifs is 1. The molecular formula is C24H23N5O3S. The fraction of sp³-hybridized carbons (Fsp3) is 0.167. The third-order valence-electron chi connectivity index (χ3n) is 5.18. The van der Waals surface area contributed by atoms with E-state index in [4.69, 9.17) is 16.6 Å². The summed E-state index contributed by atoms with van der Waals surface area (Å²) in [5, 5.41) is 7.90. The molecule has 0 spiro atoms. The molecule has 0 aliphatic heterocycles. The Morgan fingerprint density at radius 1 is 0.939 bits per heavy atom. The summed E-state index contributed by atoms with van der Waals surface area (Å²) in [6, 6.07) is 18.2. The lowest BCUT2D eigenvalue weighted by atomic mass is 9.93. The molecule has 1 aromatic heterocycles. The van der Waals surface area contributed by atoms with Crippen LogP contribution in [-0.4, -0.2) is 22.6 Å². The molecule has 33 heavy (non-hydrogen) atoms. The van der Waals surface area contributed by atoms with Crippen LogP contribution >= 0.6 is 12.2 Å². The Labute approximate surface area is 196 Å². The number of para-hydroxylation sites is 1. The van der Waals surface area contributed by atoms with Gasteiger partial charge in [-0.1, -0.05) is 36.4 Å². The molecule has 4 rings (SSSR count). The minimum Gasteiger partial charge on any atom is -0.455 e. The van der Waals surface area contributed by atoms with Crippen LogP contribution in [0.3, 0.4) is 0 Å². The summed E-state index contributed by atoms with van der Waals surface area (Å²) in [6.07, 6.45) is 2.26. The van der Waals surface area contributed by atoms with Crippen LogP contribution < -0.4 is 21.6 Å². The first kappa shape index (κ1) is 22.2. The number of benzene rings is 2.